The molecule has 33 heavy (non-hydrogen) atoms. The summed E-state index contributed by atoms with van der Waals surface area (Å²) in [5.74, 6) is -1.60. The maximum Gasteiger partial charge on any atom is 0.408 e. The molecule has 0 aliphatic rings. The molecule has 10 heteroatoms. The number of rotatable bonds is 11. The number of amides is 3. The predicted molar refractivity (Wildman–Crippen MR) is 123 cm³/mol. The smallest absolute Gasteiger partial charge is 0.408 e. The van der Waals surface area contributed by atoms with Crippen LogP contribution >= 0.6 is 0 Å². The zero-order valence-electron chi connectivity index (χ0n) is 20.2. The van der Waals surface area contributed by atoms with Gasteiger partial charge < -0.3 is 25.4 Å². The number of ketones is 1. The highest BCUT2D eigenvalue weighted by atomic mass is 16.6. The number of alkyl carbamates (subject to hydrolysis) is 1. The lowest BCUT2D eigenvalue weighted by Gasteiger charge is -2.25. The van der Waals surface area contributed by atoms with E-state index in [-0.39, 0.29) is 12.3 Å². The van der Waals surface area contributed by atoms with Crippen molar-refractivity contribution in [3.05, 3.63) is 35.9 Å². The van der Waals surface area contributed by atoms with Crippen molar-refractivity contribution in [3.8, 4) is 0 Å². The van der Waals surface area contributed by atoms with E-state index in [0.717, 1.165) is 0 Å². The van der Waals surface area contributed by atoms with E-state index in [2.05, 4.69) is 16.0 Å². The van der Waals surface area contributed by atoms with Crippen molar-refractivity contribution >= 4 is 23.7 Å². The molecule has 0 saturated heterocycles. The number of Topliss-reactive ketones (excluding diaryl/α,β-unsaturated/α-hetero) is 1. The van der Waals surface area contributed by atoms with Crippen LogP contribution < -0.4 is 16.0 Å². The van der Waals surface area contributed by atoms with E-state index in [1.54, 1.807) is 65.2 Å². The number of hydrogen-bond donors (Lipinski definition) is 4. The Balaban J connectivity index is 2.74. The summed E-state index contributed by atoms with van der Waals surface area (Å²) < 4.78 is 5.17. The number of hydrogen-bond acceptors (Lipinski definition) is 7. The van der Waals surface area contributed by atoms with Crippen LogP contribution in [-0.4, -0.2) is 72.2 Å². The van der Waals surface area contributed by atoms with Gasteiger partial charge in [0.25, 0.3) is 0 Å². The average Bonchev–Trinajstić information content (AvgIpc) is 2.73. The Labute approximate surface area is 195 Å². The van der Waals surface area contributed by atoms with Gasteiger partial charge in [0.15, 0.2) is 12.0 Å². The number of ether oxygens (including phenoxy) is 1. The van der Waals surface area contributed by atoms with Crippen LogP contribution in [0.3, 0.4) is 0 Å². The zero-order chi connectivity index (χ0) is 25.2. The largest absolute Gasteiger partial charge is 0.444 e. The Morgan fingerprint density at radius 3 is 2.18 bits per heavy atom. The fraction of sp³-hybridized carbons (Fsp3) is 0.565. The Kier molecular flexibility index (Phi) is 11.0. The van der Waals surface area contributed by atoms with Gasteiger partial charge in [0.05, 0.1) is 12.6 Å². The van der Waals surface area contributed by atoms with Crippen molar-refractivity contribution in [1.29, 1.82) is 0 Å². The van der Waals surface area contributed by atoms with Crippen molar-refractivity contribution in [2.45, 2.75) is 64.4 Å². The van der Waals surface area contributed by atoms with E-state index in [1.807, 2.05) is 6.92 Å². The van der Waals surface area contributed by atoms with Crippen molar-refractivity contribution in [2.75, 3.05) is 20.6 Å². The van der Waals surface area contributed by atoms with Gasteiger partial charge in [0.1, 0.15) is 11.6 Å². The van der Waals surface area contributed by atoms with Gasteiger partial charge in [-0.3, -0.25) is 19.7 Å². The van der Waals surface area contributed by atoms with E-state index < -0.39 is 48.2 Å². The van der Waals surface area contributed by atoms with Crippen molar-refractivity contribution in [1.82, 2.24) is 20.9 Å². The fourth-order valence-corrected chi connectivity index (χ4v) is 2.91. The van der Waals surface area contributed by atoms with Crippen LogP contribution in [0.5, 0.6) is 0 Å². The third-order valence-corrected chi connectivity index (χ3v) is 4.46. The number of likely N-dealkylation sites (N-methyl/N-ethyl adjacent to an activating group) is 1. The SMILES string of the molecule is CCCC(NC(=O)OC(C)(C)C)C(=O)C(O)NCC(=O)NC(C(=O)N(C)C)c1ccccc1. The highest BCUT2D eigenvalue weighted by Gasteiger charge is 2.29. The van der Waals surface area contributed by atoms with E-state index in [4.69, 9.17) is 4.74 Å². The molecule has 1 aromatic carbocycles. The second-order valence-corrected chi connectivity index (χ2v) is 8.82. The lowest BCUT2D eigenvalue weighted by atomic mass is 10.1. The molecule has 184 valence electrons. The van der Waals surface area contributed by atoms with Gasteiger partial charge in [-0.1, -0.05) is 43.7 Å². The van der Waals surface area contributed by atoms with Crippen molar-refractivity contribution in [2.24, 2.45) is 0 Å². The molecule has 0 aliphatic carbocycles. The Hall–Kier alpha value is -2.98. The molecule has 0 radical (unpaired) electrons. The van der Waals surface area contributed by atoms with Gasteiger partial charge in [-0.25, -0.2) is 4.79 Å². The van der Waals surface area contributed by atoms with Crippen molar-refractivity contribution < 1.29 is 29.0 Å². The van der Waals surface area contributed by atoms with Gasteiger partial charge in [-0.15, -0.1) is 0 Å². The highest BCUT2D eigenvalue weighted by molar-refractivity contribution is 5.92. The van der Waals surface area contributed by atoms with Gasteiger partial charge in [0, 0.05) is 14.1 Å². The monoisotopic (exact) mass is 464 g/mol. The number of nitrogens with zero attached hydrogens (tertiary/aromatic N) is 1. The first kappa shape index (κ1) is 28.1. The van der Waals surface area contributed by atoms with E-state index in [0.29, 0.717) is 12.0 Å². The first-order valence-corrected chi connectivity index (χ1v) is 10.9. The summed E-state index contributed by atoms with van der Waals surface area (Å²) in [4.78, 5) is 51.0. The van der Waals surface area contributed by atoms with Crippen LogP contribution in [0.2, 0.25) is 0 Å². The lowest BCUT2D eigenvalue weighted by Crippen LogP contribution is -2.52. The number of nitrogens with one attached hydrogen (secondary N) is 3. The molecule has 3 atom stereocenters. The summed E-state index contributed by atoms with van der Waals surface area (Å²) in [5, 5.41) is 17.8. The molecule has 10 nitrogen and oxygen atoms in total. The quantitative estimate of drug-likeness (QED) is 0.360. The molecular weight excluding hydrogens is 428 g/mol. The predicted octanol–water partition coefficient (Wildman–Crippen LogP) is 1.10. The van der Waals surface area contributed by atoms with Gasteiger partial charge in [-0.2, -0.15) is 0 Å². The van der Waals surface area contributed by atoms with E-state index >= 15 is 0 Å². The minimum absolute atomic E-state index is 0.288. The molecule has 0 fully saturated rings. The summed E-state index contributed by atoms with van der Waals surface area (Å²) in [7, 11) is 3.16. The van der Waals surface area contributed by atoms with Gasteiger partial charge >= 0.3 is 6.09 Å². The van der Waals surface area contributed by atoms with Crippen LogP contribution in [0.15, 0.2) is 30.3 Å². The average molecular weight is 465 g/mol. The number of carbonyl (C=O) groups is 4. The first-order valence-electron chi connectivity index (χ1n) is 10.9. The summed E-state index contributed by atoms with van der Waals surface area (Å²) in [5.41, 5.74) is -0.135. The maximum absolute atomic E-state index is 12.6. The summed E-state index contributed by atoms with van der Waals surface area (Å²) in [6.45, 7) is 6.50. The third-order valence-electron chi connectivity index (χ3n) is 4.46. The molecule has 0 spiro atoms. The van der Waals surface area contributed by atoms with Crippen LogP contribution in [-0.2, 0) is 19.1 Å². The standard InChI is InChI=1S/C23H36N4O6/c1-7-11-16(25-22(32)33-23(2,3)4)19(29)20(30)24-14-17(28)26-18(21(31)27(5)6)15-12-9-8-10-13-15/h8-10,12-13,16,18,20,24,30H,7,11,14H2,1-6H3,(H,25,32)(H,26,28). The number of aliphatic hydroxyl groups excluding tert-OH is 1. The van der Waals surface area contributed by atoms with E-state index in [1.165, 1.54) is 4.90 Å². The van der Waals surface area contributed by atoms with Gasteiger partial charge in [-0.05, 0) is 32.8 Å². The molecule has 0 bridgehead atoms. The van der Waals surface area contributed by atoms with Crippen molar-refractivity contribution in [3.63, 3.8) is 0 Å². The van der Waals surface area contributed by atoms with Crippen LogP contribution in [0.4, 0.5) is 4.79 Å². The normalized spacial score (nSPS) is 13.9. The second-order valence-electron chi connectivity index (χ2n) is 8.82. The Bertz CT molecular complexity index is 807. The summed E-state index contributed by atoms with van der Waals surface area (Å²) in [6, 6.07) is 6.84. The van der Waals surface area contributed by atoms with Gasteiger partial charge in [0.2, 0.25) is 11.8 Å². The second kappa shape index (κ2) is 12.9. The molecule has 3 unspecified atom stereocenters. The molecular formula is C23H36N4O6. The molecule has 1 aromatic rings. The minimum Gasteiger partial charge on any atom is -0.444 e. The number of carbonyl (C=O) groups excluding carboxylic acids is 4. The number of aliphatic hydroxyl groups is 1. The number of benzene rings is 1. The Morgan fingerprint density at radius 1 is 1.06 bits per heavy atom. The van der Waals surface area contributed by atoms with Crippen LogP contribution in [0.1, 0.15) is 52.1 Å². The zero-order valence-corrected chi connectivity index (χ0v) is 20.2. The molecule has 0 aliphatic heterocycles. The highest BCUT2D eigenvalue weighted by Crippen LogP contribution is 2.14. The summed E-state index contributed by atoms with van der Waals surface area (Å²) >= 11 is 0. The molecule has 1 rings (SSSR count). The molecule has 3 amide bonds. The van der Waals surface area contributed by atoms with Crippen LogP contribution in [0.25, 0.3) is 0 Å². The molecule has 0 saturated carbocycles. The van der Waals surface area contributed by atoms with E-state index in [9.17, 15) is 24.3 Å². The van der Waals surface area contributed by atoms with Crippen LogP contribution in [0, 0.1) is 0 Å². The lowest BCUT2D eigenvalue weighted by molar-refractivity contribution is -0.135. The topological polar surface area (TPSA) is 137 Å². The maximum atomic E-state index is 12.6. The fourth-order valence-electron chi connectivity index (χ4n) is 2.91. The Morgan fingerprint density at radius 2 is 1.67 bits per heavy atom. The summed E-state index contributed by atoms with van der Waals surface area (Å²) in [6.07, 6.45) is -1.60. The third kappa shape index (κ3) is 10.0. The molecule has 0 aromatic heterocycles. The molecule has 4 N–H and O–H groups in total. The minimum atomic E-state index is -1.69. The first-order chi connectivity index (χ1) is 15.4. The molecule has 0 heterocycles.